The van der Waals surface area contributed by atoms with Crippen LogP contribution in [0, 0.1) is 0 Å². The van der Waals surface area contributed by atoms with Crippen LogP contribution >= 0.6 is 0 Å². The van der Waals surface area contributed by atoms with Crippen molar-refractivity contribution in [3.63, 3.8) is 0 Å². The van der Waals surface area contributed by atoms with E-state index in [2.05, 4.69) is 11.5 Å². The summed E-state index contributed by atoms with van der Waals surface area (Å²) in [6.07, 6.45) is 2.87. The molecular formula is C13H15NO2. The van der Waals surface area contributed by atoms with Crippen molar-refractivity contribution in [1.29, 1.82) is 0 Å². The van der Waals surface area contributed by atoms with Gasteiger partial charge < -0.3 is 5.11 Å². The number of aromatic carboxylic acids is 1. The van der Waals surface area contributed by atoms with E-state index in [-0.39, 0.29) is 0 Å². The van der Waals surface area contributed by atoms with Gasteiger partial charge in [0.25, 0.3) is 0 Å². The Labute approximate surface area is 95.0 Å². The van der Waals surface area contributed by atoms with E-state index in [0.29, 0.717) is 5.56 Å². The number of rotatable bonds is 3. The van der Waals surface area contributed by atoms with Gasteiger partial charge in [-0.1, -0.05) is 12.1 Å². The smallest absolute Gasteiger partial charge is 0.335 e. The van der Waals surface area contributed by atoms with E-state index in [0.717, 1.165) is 31.6 Å². The Balaban J connectivity index is 2.24. The van der Waals surface area contributed by atoms with Crippen LogP contribution in [0.15, 0.2) is 30.9 Å². The number of carbonyl (C=O) groups is 1. The predicted octanol–water partition coefficient (Wildman–Crippen LogP) is 1.93. The second kappa shape index (κ2) is 4.49. The molecule has 0 amide bonds. The van der Waals surface area contributed by atoms with Crippen LogP contribution in [0.25, 0.3) is 0 Å². The molecule has 1 aliphatic heterocycles. The molecule has 16 heavy (non-hydrogen) atoms. The van der Waals surface area contributed by atoms with Gasteiger partial charge in [0.05, 0.1) is 5.56 Å². The van der Waals surface area contributed by atoms with Gasteiger partial charge in [-0.15, -0.1) is 6.58 Å². The van der Waals surface area contributed by atoms with Crippen LogP contribution in [0.5, 0.6) is 0 Å². The fourth-order valence-corrected chi connectivity index (χ4v) is 2.09. The number of hydrogen-bond acceptors (Lipinski definition) is 2. The first-order valence-electron chi connectivity index (χ1n) is 5.39. The lowest BCUT2D eigenvalue weighted by Gasteiger charge is -2.27. The highest BCUT2D eigenvalue weighted by Crippen LogP contribution is 2.20. The summed E-state index contributed by atoms with van der Waals surface area (Å²) < 4.78 is 0. The quantitative estimate of drug-likeness (QED) is 0.786. The standard InChI is InChI=1S/C13H15NO2/c1-2-6-14-7-5-10-3-4-11(13(15)16)8-12(10)9-14/h2-4,8H,1,5-7,9H2,(H,15,16). The third kappa shape index (κ3) is 2.14. The minimum atomic E-state index is -0.858. The summed E-state index contributed by atoms with van der Waals surface area (Å²) in [6.45, 7) is 6.42. The fraction of sp³-hybridized carbons (Fsp3) is 0.308. The van der Waals surface area contributed by atoms with Gasteiger partial charge >= 0.3 is 5.97 Å². The first kappa shape index (κ1) is 10.9. The van der Waals surface area contributed by atoms with Gasteiger partial charge in [-0.3, -0.25) is 4.90 Å². The molecule has 3 nitrogen and oxygen atoms in total. The molecule has 0 saturated heterocycles. The fourth-order valence-electron chi connectivity index (χ4n) is 2.09. The van der Waals surface area contributed by atoms with Crippen molar-refractivity contribution >= 4 is 5.97 Å². The molecule has 0 bridgehead atoms. The highest BCUT2D eigenvalue weighted by Gasteiger charge is 2.16. The number of benzene rings is 1. The molecule has 0 unspecified atom stereocenters. The van der Waals surface area contributed by atoms with Crippen LogP contribution in [-0.2, 0) is 13.0 Å². The molecule has 0 radical (unpaired) electrons. The Morgan fingerprint density at radius 1 is 1.50 bits per heavy atom. The maximum absolute atomic E-state index is 10.9. The van der Waals surface area contributed by atoms with Gasteiger partial charge in [-0.05, 0) is 29.7 Å². The minimum absolute atomic E-state index is 0.374. The largest absolute Gasteiger partial charge is 0.478 e. The predicted molar refractivity (Wildman–Crippen MR) is 62.6 cm³/mol. The van der Waals surface area contributed by atoms with Crippen molar-refractivity contribution in [2.45, 2.75) is 13.0 Å². The van der Waals surface area contributed by atoms with Crippen LogP contribution in [0.3, 0.4) is 0 Å². The maximum atomic E-state index is 10.9. The first-order chi connectivity index (χ1) is 7.70. The van der Waals surface area contributed by atoms with E-state index >= 15 is 0 Å². The van der Waals surface area contributed by atoms with Crippen molar-refractivity contribution in [2.75, 3.05) is 13.1 Å². The average molecular weight is 217 g/mol. The summed E-state index contributed by atoms with van der Waals surface area (Å²) in [4.78, 5) is 13.1. The summed E-state index contributed by atoms with van der Waals surface area (Å²) in [5.41, 5.74) is 2.78. The number of hydrogen-bond donors (Lipinski definition) is 1. The molecule has 0 aromatic heterocycles. The monoisotopic (exact) mass is 217 g/mol. The van der Waals surface area contributed by atoms with Crippen LogP contribution < -0.4 is 0 Å². The zero-order chi connectivity index (χ0) is 11.5. The van der Waals surface area contributed by atoms with Gasteiger partial charge in [0.15, 0.2) is 0 Å². The van der Waals surface area contributed by atoms with Gasteiger partial charge in [0.1, 0.15) is 0 Å². The summed E-state index contributed by atoms with van der Waals surface area (Å²) >= 11 is 0. The topological polar surface area (TPSA) is 40.5 Å². The Morgan fingerprint density at radius 3 is 3.00 bits per heavy atom. The molecule has 0 aliphatic carbocycles. The molecule has 0 saturated carbocycles. The molecule has 1 aromatic rings. The van der Waals surface area contributed by atoms with Crippen LogP contribution in [0.2, 0.25) is 0 Å². The average Bonchev–Trinajstić information content (AvgIpc) is 2.28. The second-order valence-corrected chi connectivity index (χ2v) is 4.06. The molecule has 2 rings (SSSR count). The maximum Gasteiger partial charge on any atom is 0.335 e. The highest BCUT2D eigenvalue weighted by molar-refractivity contribution is 5.87. The zero-order valence-electron chi connectivity index (χ0n) is 9.15. The Hall–Kier alpha value is -1.61. The van der Waals surface area contributed by atoms with Crippen molar-refractivity contribution in [1.82, 2.24) is 4.90 Å². The summed E-state index contributed by atoms with van der Waals surface area (Å²) in [7, 11) is 0. The van der Waals surface area contributed by atoms with Gasteiger partial charge in [0.2, 0.25) is 0 Å². The molecule has 84 valence electrons. The molecule has 1 N–H and O–H groups in total. The number of fused-ring (bicyclic) bond motifs is 1. The normalized spacial score (nSPS) is 15.5. The second-order valence-electron chi connectivity index (χ2n) is 4.06. The molecule has 0 spiro atoms. The Kier molecular flexibility index (Phi) is 3.06. The van der Waals surface area contributed by atoms with E-state index in [1.807, 2.05) is 12.1 Å². The van der Waals surface area contributed by atoms with Gasteiger partial charge in [-0.2, -0.15) is 0 Å². The molecule has 1 heterocycles. The lowest BCUT2D eigenvalue weighted by atomic mass is 9.97. The van der Waals surface area contributed by atoms with E-state index in [1.165, 1.54) is 5.56 Å². The Morgan fingerprint density at radius 2 is 2.31 bits per heavy atom. The first-order valence-corrected chi connectivity index (χ1v) is 5.39. The SMILES string of the molecule is C=CCN1CCc2ccc(C(=O)O)cc2C1. The van der Waals surface area contributed by atoms with E-state index in [4.69, 9.17) is 5.11 Å². The third-order valence-corrected chi connectivity index (χ3v) is 2.93. The Bertz CT molecular complexity index is 426. The van der Waals surface area contributed by atoms with Gasteiger partial charge in [-0.25, -0.2) is 4.79 Å². The van der Waals surface area contributed by atoms with Crippen LogP contribution in [0.4, 0.5) is 0 Å². The molecule has 3 heteroatoms. The molecule has 0 fully saturated rings. The molecule has 1 aromatic carbocycles. The van der Waals surface area contributed by atoms with Crippen LogP contribution in [-0.4, -0.2) is 29.1 Å². The molecular weight excluding hydrogens is 202 g/mol. The van der Waals surface area contributed by atoms with Gasteiger partial charge in [0, 0.05) is 19.6 Å². The van der Waals surface area contributed by atoms with Crippen LogP contribution in [0.1, 0.15) is 21.5 Å². The zero-order valence-corrected chi connectivity index (χ0v) is 9.15. The highest BCUT2D eigenvalue weighted by atomic mass is 16.4. The van der Waals surface area contributed by atoms with E-state index in [1.54, 1.807) is 12.1 Å². The third-order valence-electron chi connectivity index (χ3n) is 2.93. The summed E-state index contributed by atoms with van der Waals surface area (Å²) in [6, 6.07) is 5.40. The van der Waals surface area contributed by atoms with Crippen molar-refractivity contribution < 1.29 is 9.90 Å². The lowest BCUT2D eigenvalue weighted by molar-refractivity contribution is 0.0696. The number of nitrogens with zero attached hydrogens (tertiary/aromatic N) is 1. The number of carboxylic acid groups (broad SMARTS) is 1. The van der Waals surface area contributed by atoms with Crippen molar-refractivity contribution in [3.05, 3.63) is 47.5 Å². The van der Waals surface area contributed by atoms with Crippen molar-refractivity contribution in [2.24, 2.45) is 0 Å². The van der Waals surface area contributed by atoms with E-state index < -0.39 is 5.97 Å². The summed E-state index contributed by atoms with van der Waals surface area (Å²) in [5.74, 6) is -0.858. The summed E-state index contributed by atoms with van der Waals surface area (Å²) in [5, 5.41) is 8.93. The molecule has 1 aliphatic rings. The van der Waals surface area contributed by atoms with Crippen molar-refractivity contribution in [3.8, 4) is 0 Å². The lowest BCUT2D eigenvalue weighted by Crippen LogP contribution is -2.30. The minimum Gasteiger partial charge on any atom is -0.478 e. The number of carboxylic acids is 1. The molecule has 0 atom stereocenters. The van der Waals surface area contributed by atoms with E-state index in [9.17, 15) is 4.79 Å².